The zero-order valence-corrected chi connectivity index (χ0v) is 16.0. The van der Waals surface area contributed by atoms with Crippen LogP contribution in [-0.2, 0) is 5.41 Å². The molecule has 132 valence electrons. The lowest BCUT2D eigenvalue weighted by atomic mass is 9.87. The summed E-state index contributed by atoms with van der Waals surface area (Å²) in [6, 6.07) is 13.2. The van der Waals surface area contributed by atoms with Gasteiger partial charge in [0, 0.05) is 11.9 Å². The summed E-state index contributed by atoms with van der Waals surface area (Å²) >= 11 is 0. The van der Waals surface area contributed by atoms with Gasteiger partial charge in [0.05, 0.1) is 20.3 Å². The Bertz CT molecular complexity index is 785. The van der Waals surface area contributed by atoms with Crippen molar-refractivity contribution < 1.29 is 9.47 Å². The van der Waals surface area contributed by atoms with Gasteiger partial charge in [0.25, 0.3) is 0 Å². The predicted molar refractivity (Wildman–Crippen MR) is 105 cm³/mol. The molecule has 3 heteroatoms. The highest BCUT2D eigenvalue weighted by molar-refractivity contribution is 5.69. The first-order valence-corrected chi connectivity index (χ1v) is 8.68. The molecule has 0 aliphatic carbocycles. The van der Waals surface area contributed by atoms with Crippen LogP contribution in [0.5, 0.6) is 11.5 Å². The van der Waals surface area contributed by atoms with Crippen LogP contribution < -0.4 is 14.4 Å². The van der Waals surface area contributed by atoms with Gasteiger partial charge >= 0.3 is 0 Å². The van der Waals surface area contributed by atoms with Gasteiger partial charge in [-0.1, -0.05) is 32.9 Å². The second kappa shape index (κ2) is 6.47. The second-order valence-corrected chi connectivity index (χ2v) is 7.53. The SMILES string of the molecule is COc1cc2c(cc1OC)C(C)N(c1ccc(C(C)(C)C)cc1)C=C2. The minimum absolute atomic E-state index is 0.165. The molecular weight excluding hydrogens is 310 g/mol. The van der Waals surface area contributed by atoms with Crippen LogP contribution in [-0.4, -0.2) is 14.2 Å². The standard InChI is InChI=1S/C22H27NO2/c1-15-19-14-21(25-6)20(24-5)13-16(19)11-12-23(15)18-9-7-17(8-10-18)22(2,3)4/h7-15H,1-6H3. The van der Waals surface area contributed by atoms with Crippen molar-refractivity contribution in [3.63, 3.8) is 0 Å². The summed E-state index contributed by atoms with van der Waals surface area (Å²) in [7, 11) is 3.35. The number of hydrogen-bond donors (Lipinski definition) is 0. The third-order valence-electron chi connectivity index (χ3n) is 4.90. The highest BCUT2D eigenvalue weighted by Gasteiger charge is 2.23. The van der Waals surface area contributed by atoms with Gasteiger partial charge in [0.1, 0.15) is 0 Å². The van der Waals surface area contributed by atoms with Crippen LogP contribution in [0.1, 0.15) is 50.4 Å². The first kappa shape index (κ1) is 17.4. The molecule has 2 aromatic carbocycles. The molecule has 0 radical (unpaired) electrons. The van der Waals surface area contributed by atoms with Crippen molar-refractivity contribution in [3.8, 4) is 11.5 Å². The number of methoxy groups -OCH3 is 2. The maximum Gasteiger partial charge on any atom is 0.161 e. The predicted octanol–water partition coefficient (Wildman–Crippen LogP) is 5.55. The Labute approximate surface area is 150 Å². The number of nitrogens with zero attached hydrogens (tertiary/aromatic N) is 1. The van der Waals surface area contributed by atoms with Gasteiger partial charge in [0.2, 0.25) is 0 Å². The van der Waals surface area contributed by atoms with Crippen LogP contribution >= 0.6 is 0 Å². The Kier molecular flexibility index (Phi) is 4.51. The number of ether oxygens (including phenoxy) is 2. The molecule has 0 N–H and O–H groups in total. The molecule has 0 spiro atoms. The molecule has 2 aromatic rings. The van der Waals surface area contributed by atoms with Gasteiger partial charge < -0.3 is 14.4 Å². The second-order valence-electron chi connectivity index (χ2n) is 7.53. The average molecular weight is 337 g/mol. The largest absolute Gasteiger partial charge is 0.493 e. The Balaban J connectivity index is 1.95. The lowest BCUT2D eigenvalue weighted by molar-refractivity contribution is 0.354. The Hall–Kier alpha value is -2.42. The summed E-state index contributed by atoms with van der Waals surface area (Å²) in [5.41, 5.74) is 5.11. The molecule has 0 saturated heterocycles. The monoisotopic (exact) mass is 337 g/mol. The average Bonchev–Trinajstić information content (AvgIpc) is 2.60. The molecule has 0 aromatic heterocycles. The fraction of sp³-hybridized carbons (Fsp3) is 0.364. The van der Waals surface area contributed by atoms with E-state index in [9.17, 15) is 0 Å². The van der Waals surface area contributed by atoms with Gasteiger partial charge in [-0.15, -0.1) is 0 Å². The van der Waals surface area contributed by atoms with Crippen molar-refractivity contribution in [2.45, 2.75) is 39.2 Å². The number of rotatable bonds is 3. The van der Waals surface area contributed by atoms with Crippen LogP contribution in [0.3, 0.4) is 0 Å². The molecule has 3 rings (SSSR count). The molecule has 0 amide bonds. The minimum atomic E-state index is 0.165. The number of fused-ring (bicyclic) bond motifs is 1. The molecule has 1 heterocycles. The molecule has 0 bridgehead atoms. The topological polar surface area (TPSA) is 21.7 Å². The van der Waals surface area contributed by atoms with E-state index >= 15 is 0 Å². The van der Waals surface area contributed by atoms with E-state index in [2.05, 4.69) is 75.2 Å². The Morgan fingerprint density at radius 1 is 0.920 bits per heavy atom. The molecule has 0 fully saturated rings. The fourth-order valence-corrected chi connectivity index (χ4v) is 3.30. The summed E-state index contributed by atoms with van der Waals surface area (Å²) in [6.07, 6.45) is 4.28. The van der Waals surface area contributed by atoms with E-state index < -0.39 is 0 Å². The molecule has 3 nitrogen and oxygen atoms in total. The van der Waals surface area contributed by atoms with E-state index in [0.29, 0.717) is 0 Å². The zero-order valence-electron chi connectivity index (χ0n) is 16.0. The normalized spacial score (nSPS) is 16.6. The summed E-state index contributed by atoms with van der Waals surface area (Å²) in [5, 5.41) is 0. The third kappa shape index (κ3) is 3.23. The van der Waals surface area contributed by atoms with Crippen LogP contribution in [0.25, 0.3) is 6.08 Å². The van der Waals surface area contributed by atoms with Gasteiger partial charge in [0.15, 0.2) is 11.5 Å². The van der Waals surface area contributed by atoms with E-state index in [4.69, 9.17) is 9.47 Å². The molecule has 1 unspecified atom stereocenters. The summed E-state index contributed by atoms with van der Waals surface area (Å²) < 4.78 is 10.9. The molecule has 1 atom stereocenters. The quantitative estimate of drug-likeness (QED) is 0.732. The van der Waals surface area contributed by atoms with Gasteiger partial charge in [-0.05, 0) is 59.4 Å². The van der Waals surface area contributed by atoms with E-state index in [-0.39, 0.29) is 11.5 Å². The number of benzene rings is 2. The maximum atomic E-state index is 5.48. The van der Waals surface area contributed by atoms with Crippen molar-refractivity contribution >= 4 is 11.8 Å². The highest BCUT2D eigenvalue weighted by atomic mass is 16.5. The van der Waals surface area contributed by atoms with Gasteiger partial charge in [-0.2, -0.15) is 0 Å². The lowest BCUT2D eigenvalue weighted by Gasteiger charge is -2.33. The summed E-state index contributed by atoms with van der Waals surface area (Å²) in [4.78, 5) is 2.29. The lowest BCUT2D eigenvalue weighted by Crippen LogP contribution is -2.24. The van der Waals surface area contributed by atoms with Crippen LogP contribution in [0.15, 0.2) is 42.6 Å². The molecular formula is C22H27NO2. The van der Waals surface area contributed by atoms with E-state index in [1.807, 2.05) is 6.07 Å². The third-order valence-corrected chi connectivity index (χ3v) is 4.90. The molecule has 25 heavy (non-hydrogen) atoms. The van der Waals surface area contributed by atoms with Crippen molar-refractivity contribution in [2.75, 3.05) is 19.1 Å². The van der Waals surface area contributed by atoms with Crippen molar-refractivity contribution in [1.29, 1.82) is 0 Å². The molecule has 1 aliphatic rings. The fourth-order valence-electron chi connectivity index (χ4n) is 3.30. The van der Waals surface area contributed by atoms with Crippen molar-refractivity contribution in [2.24, 2.45) is 0 Å². The van der Waals surface area contributed by atoms with E-state index in [0.717, 1.165) is 11.5 Å². The minimum Gasteiger partial charge on any atom is -0.493 e. The van der Waals surface area contributed by atoms with Crippen LogP contribution in [0, 0.1) is 0 Å². The zero-order chi connectivity index (χ0) is 18.2. The smallest absolute Gasteiger partial charge is 0.161 e. The van der Waals surface area contributed by atoms with Gasteiger partial charge in [-0.25, -0.2) is 0 Å². The number of anilines is 1. The first-order valence-electron chi connectivity index (χ1n) is 8.68. The Morgan fingerprint density at radius 2 is 1.52 bits per heavy atom. The Morgan fingerprint density at radius 3 is 2.08 bits per heavy atom. The van der Waals surface area contributed by atoms with Crippen LogP contribution in [0.2, 0.25) is 0 Å². The van der Waals surface area contributed by atoms with Gasteiger partial charge in [-0.3, -0.25) is 0 Å². The highest BCUT2D eigenvalue weighted by Crippen LogP contribution is 2.40. The maximum absolute atomic E-state index is 5.48. The molecule has 0 saturated carbocycles. The van der Waals surface area contributed by atoms with Crippen molar-refractivity contribution in [3.05, 3.63) is 59.3 Å². The summed E-state index contributed by atoms with van der Waals surface area (Å²) in [5.74, 6) is 1.53. The van der Waals surface area contributed by atoms with E-state index in [1.54, 1.807) is 14.2 Å². The first-order chi connectivity index (χ1) is 11.8. The van der Waals surface area contributed by atoms with E-state index in [1.165, 1.54) is 22.4 Å². The molecule has 1 aliphatic heterocycles. The number of hydrogen-bond acceptors (Lipinski definition) is 3. The summed E-state index contributed by atoms with van der Waals surface area (Å²) in [6.45, 7) is 8.93. The van der Waals surface area contributed by atoms with Crippen LogP contribution in [0.4, 0.5) is 5.69 Å². The van der Waals surface area contributed by atoms with Crippen molar-refractivity contribution in [1.82, 2.24) is 0 Å².